The molecule has 0 saturated carbocycles. The minimum absolute atomic E-state index is 0.414. The summed E-state index contributed by atoms with van der Waals surface area (Å²) in [7, 11) is 4.30. The molecule has 2 saturated heterocycles. The standard InChI is InChI=1S/C48H52Cl2N10O2/c1-55-27-35-25-37(49)13-15-41(35)57-43(29-55)51-53-45(57)59(21-7-17-47(19-23-59)39-11-5-3-9-33(39)31-61-47)60(22-8-18-48(20-24-60)40-12-6-4-10-34(40)32-62-48)46-54-52-44-30-56(2)28-36-26-38(50)14-16-42(36)58(44)46/h3-6,9-16,25-26H,7-8,17-24,27-32H2,1-2H3/q+2. The smallest absolute Gasteiger partial charge is 0.365 e. The normalized spacial score (nSPS) is 28.3. The van der Waals surface area contributed by atoms with Gasteiger partial charge in [-0.15, -0.1) is 10.2 Å². The predicted molar refractivity (Wildman–Crippen MR) is 240 cm³/mol. The molecule has 4 atom stereocenters. The Morgan fingerprint density at radius 2 is 0.968 bits per heavy atom. The molecule has 6 aromatic rings. The maximum absolute atomic E-state index is 7.03. The van der Waals surface area contributed by atoms with Crippen molar-refractivity contribution in [2.24, 2.45) is 0 Å². The van der Waals surface area contributed by atoms with E-state index in [1.807, 2.05) is 12.1 Å². The molecule has 318 valence electrons. The molecule has 6 aliphatic heterocycles. The number of quaternary nitrogens is 2. The third-order valence-corrected chi connectivity index (χ3v) is 15.7. The Bertz CT molecular complexity index is 2570. The maximum atomic E-state index is 7.03. The summed E-state index contributed by atoms with van der Waals surface area (Å²) in [6.07, 6.45) is 5.24. The van der Waals surface area contributed by atoms with Crippen molar-refractivity contribution in [2.75, 3.05) is 40.3 Å². The molecule has 4 unspecified atom stereocenters. The molecule has 2 spiro atoms. The van der Waals surface area contributed by atoms with Gasteiger partial charge in [-0.05, 0) is 96.7 Å². The van der Waals surface area contributed by atoms with E-state index < -0.39 is 11.2 Å². The zero-order chi connectivity index (χ0) is 41.8. The van der Waals surface area contributed by atoms with Crippen LogP contribution in [0.5, 0.6) is 0 Å². The highest BCUT2D eigenvalue weighted by Gasteiger charge is 2.64. The van der Waals surface area contributed by atoms with Gasteiger partial charge in [-0.2, -0.15) is 0 Å². The molecule has 6 aliphatic rings. The number of rotatable bonds is 3. The number of hydrogen-bond acceptors (Lipinski definition) is 8. The van der Waals surface area contributed by atoms with Gasteiger partial charge in [-0.1, -0.05) is 91.1 Å². The zero-order valence-electron chi connectivity index (χ0n) is 35.4. The van der Waals surface area contributed by atoms with Crippen molar-refractivity contribution in [1.29, 1.82) is 0 Å². The number of fused-ring (bicyclic) bond motifs is 10. The molecule has 4 aromatic carbocycles. The van der Waals surface area contributed by atoms with Gasteiger partial charge in [0.2, 0.25) is 0 Å². The molecule has 12 nitrogen and oxygen atoms in total. The lowest BCUT2D eigenvalue weighted by atomic mass is 9.86. The largest absolute Gasteiger partial charge is 0.383 e. The van der Waals surface area contributed by atoms with Crippen LogP contribution in [-0.2, 0) is 60.1 Å². The van der Waals surface area contributed by atoms with Crippen molar-refractivity contribution in [2.45, 2.75) is 89.1 Å². The topological polar surface area (TPSA) is 86.4 Å². The van der Waals surface area contributed by atoms with Gasteiger partial charge in [-0.3, -0.25) is 9.80 Å². The molecular weight excluding hydrogens is 820 g/mol. The van der Waals surface area contributed by atoms with Crippen LogP contribution in [0.3, 0.4) is 0 Å². The second-order valence-electron chi connectivity index (χ2n) is 18.7. The van der Waals surface area contributed by atoms with Crippen molar-refractivity contribution < 1.29 is 9.47 Å². The summed E-state index contributed by atoms with van der Waals surface area (Å²) in [5, 5.41) is 22.6. The SMILES string of the molecule is CN1Cc2cc(Cl)ccc2-n2c(nnc2[N+]2([N+]3(c4nnc5n4-c4ccc(Cl)cc4CN(C)C5)CCCC4(CC3)OCc3ccccc34)CCCC3(CC2)OCc2ccccc23)C1. The van der Waals surface area contributed by atoms with Crippen LogP contribution in [-0.4, -0.2) is 79.6 Å². The van der Waals surface area contributed by atoms with Crippen LogP contribution in [0.4, 0.5) is 11.9 Å². The van der Waals surface area contributed by atoms with E-state index >= 15 is 0 Å². The Hall–Kier alpha value is -4.50. The molecule has 2 fully saturated rings. The van der Waals surface area contributed by atoms with Gasteiger partial charge < -0.3 is 9.47 Å². The van der Waals surface area contributed by atoms with Crippen molar-refractivity contribution in [3.8, 4) is 11.4 Å². The first kappa shape index (κ1) is 39.1. The van der Waals surface area contributed by atoms with E-state index in [9.17, 15) is 0 Å². The third kappa shape index (κ3) is 5.81. The van der Waals surface area contributed by atoms with Gasteiger partial charge in [0, 0.05) is 48.8 Å². The molecular formula is C48H52Cl2N10O2+2. The van der Waals surface area contributed by atoms with E-state index in [4.69, 9.17) is 53.1 Å². The van der Waals surface area contributed by atoms with Gasteiger partial charge in [0.05, 0.1) is 48.9 Å². The number of aromatic nitrogens is 6. The predicted octanol–water partition coefficient (Wildman–Crippen LogP) is 8.49. The number of hydrogen-bond donors (Lipinski definition) is 0. The van der Waals surface area contributed by atoms with E-state index in [2.05, 4.69) is 106 Å². The van der Waals surface area contributed by atoms with E-state index in [0.717, 1.165) is 134 Å². The van der Waals surface area contributed by atoms with E-state index in [1.165, 1.54) is 22.3 Å². The van der Waals surface area contributed by atoms with Crippen molar-refractivity contribution in [1.82, 2.24) is 48.5 Å². The number of halogens is 2. The summed E-state index contributed by atoms with van der Waals surface area (Å²) in [4.78, 5) is 4.62. The van der Waals surface area contributed by atoms with Crippen molar-refractivity contribution in [3.63, 3.8) is 0 Å². The van der Waals surface area contributed by atoms with Crippen LogP contribution in [0, 0.1) is 0 Å². The summed E-state index contributed by atoms with van der Waals surface area (Å²) in [5.74, 6) is 3.68. The first-order chi connectivity index (χ1) is 30.2. The fourth-order valence-electron chi connectivity index (χ4n) is 12.4. The molecule has 0 N–H and O–H groups in total. The highest BCUT2D eigenvalue weighted by Crippen LogP contribution is 2.52. The van der Waals surface area contributed by atoms with E-state index in [1.54, 1.807) is 0 Å². The lowest BCUT2D eigenvalue weighted by molar-refractivity contribution is -0.0685. The van der Waals surface area contributed by atoms with E-state index in [-0.39, 0.29) is 0 Å². The van der Waals surface area contributed by atoms with Gasteiger partial charge in [0.25, 0.3) is 0 Å². The van der Waals surface area contributed by atoms with Crippen LogP contribution >= 0.6 is 23.2 Å². The zero-order valence-corrected chi connectivity index (χ0v) is 37.0. The monoisotopic (exact) mass is 870 g/mol. The van der Waals surface area contributed by atoms with Crippen LogP contribution in [0.15, 0.2) is 84.9 Å². The summed E-state index contributed by atoms with van der Waals surface area (Å²) in [5.41, 5.74) is 8.85. The Balaban J connectivity index is 1.14. The minimum atomic E-state index is -0.414. The second kappa shape index (κ2) is 14.5. The van der Waals surface area contributed by atoms with E-state index in [0.29, 0.717) is 35.5 Å². The molecule has 2 aromatic heterocycles. The Morgan fingerprint density at radius 3 is 1.44 bits per heavy atom. The number of benzene rings is 4. The van der Waals surface area contributed by atoms with Crippen molar-refractivity contribution >= 4 is 35.1 Å². The van der Waals surface area contributed by atoms with Crippen LogP contribution in [0.1, 0.15) is 83.6 Å². The summed E-state index contributed by atoms with van der Waals surface area (Å²) < 4.78 is 19.8. The number of nitrogens with zero attached hydrogens (tertiary/aromatic N) is 10. The third-order valence-electron chi connectivity index (χ3n) is 15.2. The number of ether oxygens (including phenoxy) is 2. The molecule has 62 heavy (non-hydrogen) atoms. The Morgan fingerprint density at radius 1 is 0.516 bits per heavy atom. The molecule has 0 bridgehead atoms. The summed E-state index contributed by atoms with van der Waals surface area (Å²) in [6, 6.07) is 30.3. The summed E-state index contributed by atoms with van der Waals surface area (Å²) in [6.45, 7) is 7.11. The average molecular weight is 872 g/mol. The highest BCUT2D eigenvalue weighted by atomic mass is 35.5. The first-order valence-electron chi connectivity index (χ1n) is 22.2. The fraction of sp³-hybridized carbons (Fsp3) is 0.417. The quantitative estimate of drug-likeness (QED) is 0.164. The lowest BCUT2D eigenvalue weighted by Crippen LogP contribution is -2.78. The Kier molecular flexibility index (Phi) is 9.16. The van der Waals surface area contributed by atoms with Crippen LogP contribution in [0.2, 0.25) is 10.0 Å². The summed E-state index contributed by atoms with van der Waals surface area (Å²) >= 11 is 13.5. The first-order valence-corrected chi connectivity index (χ1v) is 23.0. The molecule has 0 aliphatic carbocycles. The van der Waals surface area contributed by atoms with Crippen molar-refractivity contribution in [3.05, 3.63) is 140 Å². The molecule has 12 rings (SSSR count). The Labute approximate surface area is 372 Å². The maximum Gasteiger partial charge on any atom is 0.383 e. The van der Waals surface area contributed by atoms with Gasteiger partial charge in [-0.25, -0.2) is 9.13 Å². The fourth-order valence-corrected chi connectivity index (χ4v) is 12.8. The van der Waals surface area contributed by atoms with Crippen LogP contribution in [0.25, 0.3) is 11.4 Å². The lowest BCUT2D eigenvalue weighted by Gasteiger charge is -2.49. The van der Waals surface area contributed by atoms with Gasteiger partial charge in [0.1, 0.15) is 26.2 Å². The molecule has 8 heterocycles. The van der Waals surface area contributed by atoms with Gasteiger partial charge in [0.15, 0.2) is 11.6 Å². The van der Waals surface area contributed by atoms with Crippen LogP contribution < -0.4 is 9.18 Å². The minimum Gasteiger partial charge on any atom is -0.365 e. The average Bonchev–Trinajstić information content (AvgIpc) is 3.94. The molecule has 0 radical (unpaired) electrons. The molecule has 0 amide bonds. The second-order valence-corrected chi connectivity index (χ2v) is 19.6. The molecule has 14 heteroatoms. The highest BCUT2D eigenvalue weighted by molar-refractivity contribution is 6.31. The van der Waals surface area contributed by atoms with Gasteiger partial charge >= 0.3 is 11.9 Å².